The molecule has 96 valence electrons. The number of anilines is 2. The van der Waals surface area contributed by atoms with E-state index in [9.17, 15) is 0 Å². The summed E-state index contributed by atoms with van der Waals surface area (Å²) in [6.45, 7) is 3.88. The topological polar surface area (TPSA) is 3.24 Å². The lowest BCUT2D eigenvalue weighted by molar-refractivity contribution is 0.854. The number of fused-ring (bicyclic) bond motifs is 1. The summed E-state index contributed by atoms with van der Waals surface area (Å²) < 4.78 is 2.35. The second-order valence-electron chi connectivity index (χ2n) is 4.71. The highest BCUT2D eigenvalue weighted by Gasteiger charge is 2.25. The van der Waals surface area contributed by atoms with Crippen molar-refractivity contribution in [3.63, 3.8) is 0 Å². The number of allylic oxidation sites excluding steroid dienone is 1. The maximum absolute atomic E-state index is 3.88. The molecule has 0 radical (unpaired) electrons. The molecule has 0 spiro atoms. The van der Waals surface area contributed by atoms with Gasteiger partial charge in [0.1, 0.15) is 0 Å². The molecular formula is C17H17NS. The van der Waals surface area contributed by atoms with Crippen LogP contribution < -0.4 is 4.31 Å². The van der Waals surface area contributed by atoms with Crippen LogP contribution in [0.15, 0.2) is 67.3 Å². The molecule has 0 N–H and O–H groups in total. The molecule has 2 aromatic carbocycles. The van der Waals surface area contributed by atoms with Gasteiger partial charge < -0.3 is 0 Å². The van der Waals surface area contributed by atoms with Gasteiger partial charge in [0.2, 0.25) is 0 Å². The Hall–Kier alpha value is -1.67. The molecule has 1 unspecified atom stereocenters. The van der Waals surface area contributed by atoms with Crippen LogP contribution in [0, 0.1) is 0 Å². The molecule has 3 rings (SSSR count). The highest BCUT2D eigenvalue weighted by Crippen LogP contribution is 2.43. The Balaban J connectivity index is 2.00. The number of para-hydroxylation sites is 2. The van der Waals surface area contributed by atoms with Crippen molar-refractivity contribution in [2.45, 2.75) is 18.1 Å². The maximum atomic E-state index is 3.88. The molecule has 0 bridgehead atoms. The number of benzene rings is 2. The minimum atomic E-state index is 0.576. The predicted molar refractivity (Wildman–Crippen MR) is 84.9 cm³/mol. The van der Waals surface area contributed by atoms with Gasteiger partial charge in [0.15, 0.2) is 0 Å². The van der Waals surface area contributed by atoms with Gasteiger partial charge in [-0.3, -0.25) is 4.31 Å². The lowest BCUT2D eigenvalue weighted by Crippen LogP contribution is -2.23. The molecule has 0 aliphatic carbocycles. The molecule has 2 aromatic rings. The van der Waals surface area contributed by atoms with Gasteiger partial charge in [0.05, 0.1) is 11.4 Å². The summed E-state index contributed by atoms with van der Waals surface area (Å²) >= 11 is 1.91. The first kappa shape index (κ1) is 12.4. The van der Waals surface area contributed by atoms with Crippen molar-refractivity contribution >= 4 is 23.3 Å². The minimum absolute atomic E-state index is 0.576. The SMILES string of the molecule is C=CCC1Cc2ccccc2N(c2ccccc2)S1. The largest absolute Gasteiger partial charge is 0.284 e. The summed E-state index contributed by atoms with van der Waals surface area (Å²) in [5.74, 6) is 0. The number of nitrogens with zero attached hydrogens (tertiary/aromatic N) is 1. The summed E-state index contributed by atoms with van der Waals surface area (Å²) in [6.07, 6.45) is 4.19. The van der Waals surface area contributed by atoms with Gasteiger partial charge in [-0.1, -0.05) is 42.5 Å². The summed E-state index contributed by atoms with van der Waals surface area (Å²) in [5, 5.41) is 0.576. The van der Waals surface area contributed by atoms with Crippen molar-refractivity contribution < 1.29 is 0 Å². The van der Waals surface area contributed by atoms with Crippen LogP contribution >= 0.6 is 11.9 Å². The van der Waals surface area contributed by atoms with E-state index in [2.05, 4.69) is 65.5 Å². The molecule has 19 heavy (non-hydrogen) atoms. The normalized spacial score (nSPS) is 17.9. The monoisotopic (exact) mass is 267 g/mol. The number of hydrogen-bond acceptors (Lipinski definition) is 2. The van der Waals surface area contributed by atoms with Crippen molar-refractivity contribution in [1.82, 2.24) is 0 Å². The van der Waals surface area contributed by atoms with E-state index in [1.807, 2.05) is 18.0 Å². The Bertz CT molecular complexity index is 564. The summed E-state index contributed by atoms with van der Waals surface area (Å²) in [5.41, 5.74) is 3.99. The Morgan fingerprint density at radius 2 is 1.84 bits per heavy atom. The molecular weight excluding hydrogens is 250 g/mol. The van der Waals surface area contributed by atoms with Gasteiger partial charge >= 0.3 is 0 Å². The first-order valence-electron chi connectivity index (χ1n) is 6.59. The van der Waals surface area contributed by atoms with Crippen molar-refractivity contribution in [1.29, 1.82) is 0 Å². The van der Waals surface area contributed by atoms with E-state index >= 15 is 0 Å². The third kappa shape index (κ3) is 2.54. The van der Waals surface area contributed by atoms with Crippen LogP contribution in [0.25, 0.3) is 0 Å². The van der Waals surface area contributed by atoms with E-state index in [-0.39, 0.29) is 0 Å². The van der Waals surface area contributed by atoms with Crippen molar-refractivity contribution in [2.24, 2.45) is 0 Å². The van der Waals surface area contributed by atoms with Crippen LogP contribution in [0.1, 0.15) is 12.0 Å². The van der Waals surface area contributed by atoms with Gasteiger partial charge in [-0.2, -0.15) is 0 Å². The Morgan fingerprint density at radius 1 is 1.11 bits per heavy atom. The highest BCUT2D eigenvalue weighted by atomic mass is 32.2. The zero-order valence-electron chi connectivity index (χ0n) is 10.8. The molecule has 1 aliphatic heterocycles. The third-order valence-electron chi connectivity index (χ3n) is 3.33. The van der Waals surface area contributed by atoms with E-state index in [1.54, 1.807) is 0 Å². The fraction of sp³-hybridized carbons (Fsp3) is 0.176. The molecule has 1 aliphatic rings. The Kier molecular flexibility index (Phi) is 3.60. The molecule has 1 nitrogen and oxygen atoms in total. The molecule has 1 atom stereocenters. The molecule has 0 fully saturated rings. The van der Waals surface area contributed by atoms with Crippen molar-refractivity contribution in [3.8, 4) is 0 Å². The van der Waals surface area contributed by atoms with E-state index in [4.69, 9.17) is 0 Å². The van der Waals surface area contributed by atoms with Crippen LogP contribution in [0.2, 0.25) is 0 Å². The van der Waals surface area contributed by atoms with Crippen LogP contribution in [0.4, 0.5) is 11.4 Å². The lowest BCUT2D eigenvalue weighted by Gasteiger charge is -2.34. The minimum Gasteiger partial charge on any atom is -0.284 e. The quantitative estimate of drug-likeness (QED) is 0.570. The smallest absolute Gasteiger partial charge is 0.0557 e. The van der Waals surface area contributed by atoms with Gasteiger partial charge in [-0.05, 0) is 48.6 Å². The predicted octanol–water partition coefficient (Wildman–Crippen LogP) is 4.97. The second kappa shape index (κ2) is 5.54. The third-order valence-corrected chi connectivity index (χ3v) is 4.61. The Labute approximate surface area is 119 Å². The van der Waals surface area contributed by atoms with Crippen LogP contribution in [0.3, 0.4) is 0 Å². The van der Waals surface area contributed by atoms with Crippen LogP contribution in [-0.4, -0.2) is 5.25 Å². The first-order chi connectivity index (χ1) is 9.38. The maximum Gasteiger partial charge on any atom is 0.0557 e. The fourth-order valence-corrected chi connectivity index (χ4v) is 3.76. The van der Waals surface area contributed by atoms with E-state index in [0.29, 0.717) is 5.25 Å². The zero-order chi connectivity index (χ0) is 13.1. The van der Waals surface area contributed by atoms with E-state index in [0.717, 1.165) is 12.8 Å². The standard InChI is InChI=1S/C17H17NS/c1-2-8-16-13-14-9-6-7-12-17(14)18(19-16)15-10-4-3-5-11-15/h2-7,9-12,16H,1,8,13H2. The Morgan fingerprint density at radius 3 is 2.63 bits per heavy atom. The first-order valence-corrected chi connectivity index (χ1v) is 7.43. The van der Waals surface area contributed by atoms with Gasteiger partial charge in [0, 0.05) is 5.25 Å². The van der Waals surface area contributed by atoms with Crippen molar-refractivity contribution in [2.75, 3.05) is 4.31 Å². The number of hydrogen-bond donors (Lipinski definition) is 0. The fourth-order valence-electron chi connectivity index (χ4n) is 2.45. The molecule has 1 heterocycles. The lowest BCUT2D eigenvalue weighted by atomic mass is 10.0. The van der Waals surface area contributed by atoms with Crippen LogP contribution in [-0.2, 0) is 6.42 Å². The van der Waals surface area contributed by atoms with E-state index in [1.165, 1.54) is 16.9 Å². The van der Waals surface area contributed by atoms with Gasteiger partial charge in [-0.25, -0.2) is 0 Å². The average Bonchev–Trinajstić information content (AvgIpc) is 2.48. The van der Waals surface area contributed by atoms with Crippen LogP contribution in [0.5, 0.6) is 0 Å². The second-order valence-corrected chi connectivity index (χ2v) is 5.96. The molecule has 0 saturated heterocycles. The molecule has 0 saturated carbocycles. The highest BCUT2D eigenvalue weighted by molar-refractivity contribution is 8.01. The zero-order valence-corrected chi connectivity index (χ0v) is 11.6. The summed E-state index contributed by atoms with van der Waals surface area (Å²) in [6, 6.07) is 19.3. The van der Waals surface area contributed by atoms with Gasteiger partial charge in [0.25, 0.3) is 0 Å². The molecule has 0 amide bonds. The van der Waals surface area contributed by atoms with E-state index < -0.39 is 0 Å². The number of rotatable bonds is 3. The van der Waals surface area contributed by atoms with Crippen molar-refractivity contribution in [3.05, 3.63) is 72.8 Å². The molecule has 0 aromatic heterocycles. The average molecular weight is 267 g/mol. The van der Waals surface area contributed by atoms with Gasteiger partial charge in [-0.15, -0.1) is 6.58 Å². The molecule has 2 heteroatoms. The summed E-state index contributed by atoms with van der Waals surface area (Å²) in [7, 11) is 0. The summed E-state index contributed by atoms with van der Waals surface area (Å²) in [4.78, 5) is 0.